The number of carbonyl (C=O) groups excluding carboxylic acids is 1. The quantitative estimate of drug-likeness (QED) is 0.899. The molecule has 4 heteroatoms. The van der Waals surface area contributed by atoms with Gasteiger partial charge >= 0.3 is 0 Å². The molecule has 0 spiro atoms. The van der Waals surface area contributed by atoms with Crippen LogP contribution in [-0.2, 0) is 11.2 Å². The van der Waals surface area contributed by atoms with E-state index in [0.717, 1.165) is 18.4 Å². The molecule has 1 aromatic rings. The molecule has 0 aliphatic carbocycles. The molecule has 1 fully saturated rings. The van der Waals surface area contributed by atoms with Crippen molar-refractivity contribution in [3.63, 3.8) is 0 Å². The largest absolute Gasteiger partial charge is 0.353 e. The van der Waals surface area contributed by atoms with Gasteiger partial charge in [0.15, 0.2) is 0 Å². The number of hydrogen-bond acceptors (Lipinski definition) is 2. The summed E-state index contributed by atoms with van der Waals surface area (Å²) in [5, 5.41) is 6.72. The summed E-state index contributed by atoms with van der Waals surface area (Å²) in [5.74, 6) is -0.277. The third-order valence-corrected chi connectivity index (χ3v) is 3.83. The molecule has 116 valence electrons. The Balaban J connectivity index is 1.94. The Kier molecular flexibility index (Phi) is 4.38. The fourth-order valence-corrected chi connectivity index (χ4v) is 3.49. The number of piperidine rings is 1. The zero-order chi connectivity index (χ0) is 15.7. The van der Waals surface area contributed by atoms with Crippen LogP contribution in [0.3, 0.4) is 0 Å². The fraction of sp³-hybridized carbons (Fsp3) is 0.588. The third-order valence-electron chi connectivity index (χ3n) is 3.83. The number of rotatable bonds is 3. The van der Waals surface area contributed by atoms with Crippen LogP contribution in [0.1, 0.15) is 46.1 Å². The molecule has 21 heavy (non-hydrogen) atoms. The lowest BCUT2D eigenvalue weighted by Crippen LogP contribution is -2.62. The van der Waals surface area contributed by atoms with Crippen LogP contribution in [-0.4, -0.2) is 23.0 Å². The second-order valence-electron chi connectivity index (χ2n) is 7.37. The van der Waals surface area contributed by atoms with Crippen molar-refractivity contribution < 1.29 is 9.18 Å². The van der Waals surface area contributed by atoms with E-state index in [4.69, 9.17) is 0 Å². The van der Waals surface area contributed by atoms with Gasteiger partial charge in [-0.1, -0.05) is 12.1 Å². The average molecular weight is 292 g/mol. The summed E-state index contributed by atoms with van der Waals surface area (Å²) in [7, 11) is 0. The topological polar surface area (TPSA) is 41.1 Å². The number of benzene rings is 1. The Morgan fingerprint density at radius 3 is 2.24 bits per heavy atom. The molecule has 0 bridgehead atoms. The van der Waals surface area contributed by atoms with E-state index in [9.17, 15) is 9.18 Å². The third kappa shape index (κ3) is 4.81. The van der Waals surface area contributed by atoms with E-state index in [-0.39, 0.29) is 28.8 Å². The molecular weight excluding hydrogens is 267 g/mol. The minimum atomic E-state index is -0.277. The first-order valence-electron chi connectivity index (χ1n) is 7.48. The molecule has 1 amide bonds. The average Bonchev–Trinajstić information content (AvgIpc) is 2.27. The molecule has 2 N–H and O–H groups in total. The van der Waals surface area contributed by atoms with Gasteiger partial charge in [0.1, 0.15) is 5.82 Å². The molecule has 0 aromatic heterocycles. The maximum Gasteiger partial charge on any atom is 0.224 e. The highest BCUT2D eigenvalue weighted by Crippen LogP contribution is 2.28. The smallest absolute Gasteiger partial charge is 0.224 e. The van der Waals surface area contributed by atoms with Crippen LogP contribution < -0.4 is 10.6 Å². The van der Waals surface area contributed by atoms with Gasteiger partial charge in [-0.2, -0.15) is 0 Å². The summed E-state index contributed by atoms with van der Waals surface area (Å²) in [6, 6.07) is 6.26. The van der Waals surface area contributed by atoms with Gasteiger partial charge in [0, 0.05) is 17.1 Å². The highest BCUT2D eigenvalue weighted by atomic mass is 19.1. The summed E-state index contributed by atoms with van der Waals surface area (Å²) in [6.07, 6.45) is 2.11. The van der Waals surface area contributed by atoms with Crippen LogP contribution in [0, 0.1) is 5.82 Å². The second kappa shape index (κ2) is 5.76. The Morgan fingerprint density at radius 1 is 1.19 bits per heavy atom. The van der Waals surface area contributed by atoms with Crippen LogP contribution in [0.5, 0.6) is 0 Å². The first kappa shape index (κ1) is 16.0. The summed E-state index contributed by atoms with van der Waals surface area (Å²) in [6.45, 7) is 8.64. The van der Waals surface area contributed by atoms with Crippen LogP contribution in [0.15, 0.2) is 24.3 Å². The Morgan fingerprint density at radius 2 is 1.71 bits per heavy atom. The predicted octanol–water partition coefficient (Wildman–Crippen LogP) is 2.79. The number of carbonyl (C=O) groups is 1. The van der Waals surface area contributed by atoms with Crippen molar-refractivity contribution in [2.75, 3.05) is 0 Å². The first-order valence-corrected chi connectivity index (χ1v) is 7.48. The summed E-state index contributed by atoms with van der Waals surface area (Å²) < 4.78 is 12.9. The Labute approximate surface area is 126 Å². The minimum Gasteiger partial charge on any atom is -0.353 e. The maximum atomic E-state index is 12.9. The highest BCUT2D eigenvalue weighted by molar-refractivity contribution is 5.78. The van der Waals surface area contributed by atoms with Crippen LogP contribution in [0.2, 0.25) is 0 Å². The molecular formula is C17H25FN2O. The van der Waals surface area contributed by atoms with Crippen molar-refractivity contribution in [3.05, 3.63) is 35.6 Å². The lowest BCUT2D eigenvalue weighted by molar-refractivity contribution is -0.121. The summed E-state index contributed by atoms with van der Waals surface area (Å²) in [5.41, 5.74) is 0.854. The molecule has 0 unspecified atom stereocenters. The molecule has 1 saturated heterocycles. The zero-order valence-corrected chi connectivity index (χ0v) is 13.3. The molecule has 1 aliphatic rings. The van der Waals surface area contributed by atoms with Gasteiger partial charge in [-0.3, -0.25) is 4.79 Å². The van der Waals surface area contributed by atoms with Crippen LogP contribution in [0.4, 0.5) is 4.39 Å². The van der Waals surface area contributed by atoms with Gasteiger partial charge in [0.25, 0.3) is 0 Å². The number of hydrogen-bond donors (Lipinski definition) is 2. The molecule has 1 aliphatic heterocycles. The van der Waals surface area contributed by atoms with Crippen molar-refractivity contribution in [1.82, 2.24) is 10.6 Å². The van der Waals surface area contributed by atoms with E-state index in [1.54, 1.807) is 12.1 Å². The Bertz CT molecular complexity index is 492. The van der Waals surface area contributed by atoms with Crippen LogP contribution >= 0.6 is 0 Å². The summed E-state index contributed by atoms with van der Waals surface area (Å²) in [4.78, 5) is 12.2. The maximum absolute atomic E-state index is 12.9. The second-order valence-corrected chi connectivity index (χ2v) is 7.37. The van der Waals surface area contributed by atoms with Gasteiger partial charge in [-0.25, -0.2) is 4.39 Å². The van der Waals surface area contributed by atoms with Crippen LogP contribution in [0.25, 0.3) is 0 Å². The van der Waals surface area contributed by atoms with E-state index in [1.165, 1.54) is 12.1 Å². The van der Waals surface area contributed by atoms with Crippen molar-refractivity contribution in [2.45, 2.75) is 64.1 Å². The molecule has 3 nitrogen and oxygen atoms in total. The van der Waals surface area contributed by atoms with Gasteiger partial charge in [0.05, 0.1) is 6.42 Å². The van der Waals surface area contributed by atoms with E-state index in [1.807, 2.05) is 0 Å². The van der Waals surface area contributed by atoms with Crippen molar-refractivity contribution in [3.8, 4) is 0 Å². The van der Waals surface area contributed by atoms with Gasteiger partial charge in [-0.05, 0) is 58.2 Å². The van der Waals surface area contributed by atoms with Gasteiger partial charge < -0.3 is 10.6 Å². The molecule has 0 saturated carbocycles. The van der Waals surface area contributed by atoms with E-state index in [2.05, 4.69) is 38.3 Å². The SMILES string of the molecule is CC1(C)CC(NC(=O)Cc2ccc(F)cc2)CC(C)(C)N1. The summed E-state index contributed by atoms with van der Waals surface area (Å²) >= 11 is 0. The molecule has 0 atom stereocenters. The molecule has 0 radical (unpaired) electrons. The van der Waals surface area contributed by atoms with Crippen molar-refractivity contribution in [2.24, 2.45) is 0 Å². The molecule has 1 heterocycles. The lowest BCUT2D eigenvalue weighted by Gasteiger charge is -2.46. The van der Waals surface area contributed by atoms with Gasteiger partial charge in [0.2, 0.25) is 5.91 Å². The normalized spacial score (nSPS) is 21.0. The predicted molar refractivity (Wildman–Crippen MR) is 82.6 cm³/mol. The lowest BCUT2D eigenvalue weighted by atomic mass is 9.79. The molecule has 2 rings (SSSR count). The highest BCUT2D eigenvalue weighted by Gasteiger charge is 2.38. The monoisotopic (exact) mass is 292 g/mol. The number of amides is 1. The number of halogens is 1. The molecule has 1 aromatic carbocycles. The van der Waals surface area contributed by atoms with E-state index < -0.39 is 0 Å². The Hall–Kier alpha value is -1.42. The van der Waals surface area contributed by atoms with E-state index >= 15 is 0 Å². The number of nitrogens with one attached hydrogen (secondary N) is 2. The standard InChI is InChI=1S/C17H25FN2O/c1-16(2)10-14(11-17(3,4)20-16)19-15(21)9-12-5-7-13(18)8-6-12/h5-8,14,20H,9-11H2,1-4H3,(H,19,21). The van der Waals surface area contributed by atoms with E-state index in [0.29, 0.717) is 6.42 Å². The minimum absolute atomic E-state index is 0.000100. The van der Waals surface area contributed by atoms with Gasteiger partial charge in [-0.15, -0.1) is 0 Å². The fourth-order valence-electron chi connectivity index (χ4n) is 3.49. The zero-order valence-electron chi connectivity index (χ0n) is 13.3. The van der Waals surface area contributed by atoms with Crippen molar-refractivity contribution >= 4 is 5.91 Å². The first-order chi connectivity index (χ1) is 9.65. The van der Waals surface area contributed by atoms with Crippen molar-refractivity contribution in [1.29, 1.82) is 0 Å².